The Bertz CT molecular complexity index is 1150. The third kappa shape index (κ3) is 3.65. The molecule has 3 aromatic heterocycles. The van der Waals surface area contributed by atoms with E-state index in [1.54, 1.807) is 17.5 Å². The largest absolute Gasteiger partial charge is 0.348 e. The molecule has 5 nitrogen and oxygen atoms in total. The van der Waals surface area contributed by atoms with Gasteiger partial charge in [-0.1, -0.05) is 12.1 Å². The predicted octanol–water partition coefficient (Wildman–Crippen LogP) is 4.30. The highest BCUT2D eigenvalue weighted by Gasteiger charge is 2.30. The molecule has 0 bridgehead atoms. The molecule has 1 aliphatic rings. The van der Waals surface area contributed by atoms with Crippen LogP contribution >= 0.6 is 11.3 Å². The molecular formula is C22H19FN4OS. The molecule has 29 heavy (non-hydrogen) atoms. The molecule has 7 heteroatoms. The lowest BCUT2D eigenvalue weighted by Crippen LogP contribution is -2.45. The summed E-state index contributed by atoms with van der Waals surface area (Å²) in [5, 5.41) is 9.12. The standard InChI is InChI=1S/C22H19FN4OS/c23-16-12-17(13-16)25-22(28)20-11-15(21-19(26-20)6-9-29-21)10-14-2-4-18(5-3-14)27-8-1-7-24-27/h1-9,11,16-17H,10,12-13H2,(H,25,28). The molecule has 1 amide bonds. The number of fused-ring (bicyclic) bond motifs is 1. The Morgan fingerprint density at radius 1 is 1.24 bits per heavy atom. The van der Waals surface area contributed by atoms with E-state index < -0.39 is 6.17 Å². The highest BCUT2D eigenvalue weighted by atomic mass is 32.1. The van der Waals surface area contributed by atoms with Gasteiger partial charge in [-0.25, -0.2) is 14.1 Å². The summed E-state index contributed by atoms with van der Waals surface area (Å²) in [5.74, 6) is -0.231. The van der Waals surface area contributed by atoms with Crippen LogP contribution in [0.5, 0.6) is 0 Å². The first-order chi connectivity index (χ1) is 14.2. The maximum atomic E-state index is 13.0. The SMILES string of the molecule is O=C(NC1CC(F)C1)c1cc(Cc2ccc(-n3cccn3)cc2)c2sccc2n1. The van der Waals surface area contributed by atoms with Crippen molar-refractivity contribution in [3.63, 3.8) is 0 Å². The maximum Gasteiger partial charge on any atom is 0.270 e. The molecular weight excluding hydrogens is 387 g/mol. The average Bonchev–Trinajstić information content (AvgIpc) is 3.39. The van der Waals surface area contributed by atoms with Crippen molar-refractivity contribution in [3.8, 4) is 5.69 Å². The summed E-state index contributed by atoms with van der Waals surface area (Å²) in [4.78, 5) is 17.1. The summed E-state index contributed by atoms with van der Waals surface area (Å²) in [7, 11) is 0. The Kier molecular flexibility index (Phi) is 4.60. The Balaban J connectivity index is 1.40. The van der Waals surface area contributed by atoms with Crippen LogP contribution < -0.4 is 5.32 Å². The number of amides is 1. The quantitative estimate of drug-likeness (QED) is 0.537. The minimum absolute atomic E-state index is 0.0873. The number of nitrogens with zero attached hydrogens (tertiary/aromatic N) is 3. The summed E-state index contributed by atoms with van der Waals surface area (Å²) >= 11 is 1.63. The molecule has 1 saturated carbocycles. The van der Waals surface area contributed by atoms with Crippen molar-refractivity contribution >= 4 is 27.5 Å². The highest BCUT2D eigenvalue weighted by Crippen LogP contribution is 2.28. The summed E-state index contributed by atoms with van der Waals surface area (Å²) in [6.07, 6.45) is 4.35. The molecule has 0 saturated heterocycles. The van der Waals surface area contributed by atoms with Gasteiger partial charge in [-0.3, -0.25) is 4.79 Å². The van der Waals surface area contributed by atoms with Crippen LogP contribution in [0.3, 0.4) is 0 Å². The number of pyridine rings is 1. The Hall–Kier alpha value is -3.06. The summed E-state index contributed by atoms with van der Waals surface area (Å²) in [6, 6.07) is 13.8. The van der Waals surface area contributed by atoms with Crippen LogP contribution in [-0.4, -0.2) is 32.9 Å². The van der Waals surface area contributed by atoms with E-state index in [-0.39, 0.29) is 11.9 Å². The highest BCUT2D eigenvalue weighted by molar-refractivity contribution is 7.17. The van der Waals surface area contributed by atoms with Gasteiger partial charge in [0.05, 0.1) is 15.9 Å². The van der Waals surface area contributed by atoms with Crippen LogP contribution in [-0.2, 0) is 6.42 Å². The van der Waals surface area contributed by atoms with E-state index >= 15 is 0 Å². The topological polar surface area (TPSA) is 59.8 Å². The third-order valence-corrected chi connectivity index (χ3v) is 6.22. The molecule has 0 atom stereocenters. The van der Waals surface area contributed by atoms with E-state index in [1.165, 1.54) is 0 Å². The molecule has 1 aromatic carbocycles. The Morgan fingerprint density at radius 2 is 2.07 bits per heavy atom. The van der Waals surface area contributed by atoms with Crippen molar-refractivity contribution in [1.82, 2.24) is 20.1 Å². The van der Waals surface area contributed by atoms with Gasteiger partial charge in [-0.2, -0.15) is 5.10 Å². The number of benzene rings is 1. The number of thiophene rings is 1. The van der Waals surface area contributed by atoms with Crippen molar-refractivity contribution in [2.75, 3.05) is 0 Å². The minimum Gasteiger partial charge on any atom is -0.348 e. The maximum absolute atomic E-state index is 13.0. The second kappa shape index (κ2) is 7.40. The second-order valence-corrected chi connectivity index (χ2v) is 8.25. The van der Waals surface area contributed by atoms with Gasteiger partial charge in [0.1, 0.15) is 11.9 Å². The van der Waals surface area contributed by atoms with Gasteiger partial charge in [0.2, 0.25) is 0 Å². The number of carbonyl (C=O) groups excluding carboxylic acids is 1. The molecule has 5 rings (SSSR count). The monoisotopic (exact) mass is 406 g/mol. The smallest absolute Gasteiger partial charge is 0.270 e. The van der Waals surface area contributed by atoms with Crippen molar-refractivity contribution in [2.24, 2.45) is 0 Å². The Labute approximate surface area is 171 Å². The fourth-order valence-corrected chi connectivity index (χ4v) is 4.45. The number of carbonyl (C=O) groups is 1. The zero-order valence-electron chi connectivity index (χ0n) is 15.6. The number of hydrogen-bond donors (Lipinski definition) is 1. The van der Waals surface area contributed by atoms with E-state index in [0.717, 1.165) is 27.0 Å². The first kappa shape index (κ1) is 18.0. The van der Waals surface area contributed by atoms with Gasteiger partial charge >= 0.3 is 0 Å². The van der Waals surface area contributed by atoms with E-state index in [2.05, 4.69) is 27.5 Å². The van der Waals surface area contributed by atoms with Crippen LogP contribution in [0.4, 0.5) is 4.39 Å². The predicted molar refractivity (Wildman–Crippen MR) is 111 cm³/mol. The lowest BCUT2D eigenvalue weighted by molar-refractivity contribution is 0.0855. The first-order valence-corrected chi connectivity index (χ1v) is 10.4. The Morgan fingerprint density at radius 3 is 2.79 bits per heavy atom. The molecule has 0 spiro atoms. The van der Waals surface area contributed by atoms with E-state index in [1.807, 2.05) is 46.6 Å². The number of rotatable bonds is 5. The number of alkyl halides is 1. The van der Waals surface area contributed by atoms with Gasteiger partial charge in [0.15, 0.2) is 0 Å². The minimum atomic E-state index is -0.798. The van der Waals surface area contributed by atoms with Crippen LogP contribution in [0.25, 0.3) is 15.9 Å². The lowest BCUT2D eigenvalue weighted by atomic mass is 9.90. The van der Waals surface area contributed by atoms with Crippen LogP contribution in [0.2, 0.25) is 0 Å². The molecule has 4 aromatic rings. The van der Waals surface area contributed by atoms with Crippen LogP contribution in [0.15, 0.2) is 60.2 Å². The molecule has 1 aliphatic carbocycles. The number of nitrogens with one attached hydrogen (secondary N) is 1. The summed E-state index contributed by atoms with van der Waals surface area (Å²) in [5.41, 5.74) is 4.43. The van der Waals surface area contributed by atoms with Crippen molar-refractivity contribution < 1.29 is 9.18 Å². The van der Waals surface area contributed by atoms with Gasteiger partial charge < -0.3 is 5.32 Å². The third-order valence-electron chi connectivity index (χ3n) is 5.24. The lowest BCUT2D eigenvalue weighted by Gasteiger charge is -2.30. The molecule has 1 N–H and O–H groups in total. The van der Waals surface area contributed by atoms with Crippen molar-refractivity contribution in [3.05, 3.63) is 77.1 Å². The number of hydrogen-bond acceptors (Lipinski definition) is 4. The number of aromatic nitrogens is 3. The van der Waals surface area contributed by atoms with Crippen molar-refractivity contribution in [2.45, 2.75) is 31.5 Å². The van der Waals surface area contributed by atoms with Crippen LogP contribution in [0, 0.1) is 0 Å². The zero-order chi connectivity index (χ0) is 19.8. The molecule has 3 heterocycles. The van der Waals surface area contributed by atoms with Crippen LogP contribution in [0.1, 0.15) is 34.5 Å². The fourth-order valence-electron chi connectivity index (χ4n) is 3.60. The summed E-state index contributed by atoms with van der Waals surface area (Å²) < 4.78 is 15.9. The average molecular weight is 406 g/mol. The van der Waals surface area contributed by atoms with E-state index in [9.17, 15) is 9.18 Å². The normalized spacial score (nSPS) is 18.5. The number of halogens is 1. The molecule has 1 fully saturated rings. The van der Waals surface area contributed by atoms with E-state index in [0.29, 0.717) is 25.0 Å². The molecule has 146 valence electrons. The van der Waals surface area contributed by atoms with Crippen molar-refractivity contribution in [1.29, 1.82) is 0 Å². The zero-order valence-corrected chi connectivity index (χ0v) is 16.4. The van der Waals surface area contributed by atoms with Gasteiger partial charge in [0, 0.05) is 18.4 Å². The second-order valence-electron chi connectivity index (χ2n) is 7.33. The first-order valence-electron chi connectivity index (χ1n) is 9.57. The van der Waals surface area contributed by atoms with Gasteiger partial charge in [-0.15, -0.1) is 11.3 Å². The van der Waals surface area contributed by atoms with Gasteiger partial charge in [0.25, 0.3) is 5.91 Å². The fraction of sp³-hybridized carbons (Fsp3) is 0.227. The molecule has 0 unspecified atom stereocenters. The van der Waals surface area contributed by atoms with E-state index in [4.69, 9.17) is 0 Å². The molecule has 0 radical (unpaired) electrons. The van der Waals surface area contributed by atoms with Gasteiger partial charge in [-0.05, 0) is 66.1 Å². The summed E-state index contributed by atoms with van der Waals surface area (Å²) in [6.45, 7) is 0. The molecule has 0 aliphatic heterocycles.